The first-order valence-corrected chi connectivity index (χ1v) is 10.4. The maximum Gasteiger partial charge on any atom is 0.255 e. The fraction of sp³-hybridized carbons (Fsp3) is 0.611. The van der Waals surface area contributed by atoms with Gasteiger partial charge in [0.25, 0.3) is 6.43 Å². The lowest BCUT2D eigenvalue weighted by Crippen LogP contribution is -2.46. The number of halogens is 2. The molecule has 0 bridgehead atoms. The van der Waals surface area contributed by atoms with Crippen LogP contribution in [0.2, 0.25) is 0 Å². The maximum atomic E-state index is 12.8. The van der Waals surface area contributed by atoms with Crippen LogP contribution in [-0.2, 0) is 19.6 Å². The van der Waals surface area contributed by atoms with E-state index >= 15 is 0 Å². The van der Waals surface area contributed by atoms with Gasteiger partial charge in [0.1, 0.15) is 5.75 Å². The second kappa shape index (κ2) is 10.1. The van der Waals surface area contributed by atoms with Gasteiger partial charge in [0, 0.05) is 32.7 Å². The SMILES string of the molecule is COCCN(CC(F)F)C(=O)C1CCN(S(=O)(=O)c2ccc(OC)cc2)CC1. The zero-order valence-electron chi connectivity index (χ0n) is 16.0. The third-order valence-corrected chi connectivity index (χ3v) is 6.65. The highest BCUT2D eigenvalue weighted by atomic mass is 32.2. The van der Waals surface area contributed by atoms with Gasteiger partial charge in [-0.3, -0.25) is 4.79 Å². The number of nitrogens with zero attached hydrogens (tertiary/aromatic N) is 2. The second-order valence-electron chi connectivity index (χ2n) is 6.52. The summed E-state index contributed by atoms with van der Waals surface area (Å²) in [7, 11) is -0.743. The van der Waals surface area contributed by atoms with E-state index < -0.39 is 28.9 Å². The predicted octanol–water partition coefficient (Wildman–Crippen LogP) is 1.84. The molecule has 1 heterocycles. The van der Waals surface area contributed by atoms with Crippen molar-refractivity contribution in [3.63, 3.8) is 0 Å². The van der Waals surface area contributed by atoms with Crippen molar-refractivity contribution in [1.29, 1.82) is 0 Å². The topological polar surface area (TPSA) is 76.2 Å². The van der Waals surface area contributed by atoms with Gasteiger partial charge in [0.15, 0.2) is 0 Å². The first kappa shape index (κ1) is 22.5. The molecule has 0 N–H and O–H groups in total. The molecule has 1 aliphatic rings. The van der Waals surface area contributed by atoms with Crippen LogP contribution in [-0.4, -0.2) is 77.0 Å². The number of hydrogen-bond acceptors (Lipinski definition) is 5. The largest absolute Gasteiger partial charge is 0.497 e. The molecule has 0 aliphatic carbocycles. The highest BCUT2D eigenvalue weighted by Gasteiger charge is 2.34. The summed E-state index contributed by atoms with van der Waals surface area (Å²) in [6, 6.07) is 6.09. The Hall–Kier alpha value is -1.78. The molecule has 1 amide bonds. The minimum atomic E-state index is -3.68. The maximum absolute atomic E-state index is 12.8. The van der Waals surface area contributed by atoms with Gasteiger partial charge in [-0.15, -0.1) is 0 Å². The lowest BCUT2D eigenvalue weighted by molar-refractivity contribution is -0.139. The summed E-state index contributed by atoms with van der Waals surface area (Å²) < 4.78 is 62.3. The van der Waals surface area contributed by atoms with Crippen molar-refractivity contribution in [1.82, 2.24) is 9.21 Å². The molecule has 0 saturated carbocycles. The quantitative estimate of drug-likeness (QED) is 0.609. The van der Waals surface area contributed by atoms with Crippen molar-refractivity contribution in [3.8, 4) is 5.75 Å². The Kier molecular flexibility index (Phi) is 8.14. The van der Waals surface area contributed by atoms with E-state index in [1.807, 2.05) is 0 Å². The van der Waals surface area contributed by atoms with Gasteiger partial charge in [-0.2, -0.15) is 4.31 Å². The van der Waals surface area contributed by atoms with Crippen LogP contribution in [0.15, 0.2) is 29.2 Å². The normalized spacial score (nSPS) is 16.3. The number of amides is 1. The van der Waals surface area contributed by atoms with Crippen molar-refractivity contribution in [2.24, 2.45) is 5.92 Å². The summed E-state index contributed by atoms with van der Waals surface area (Å²) in [6.07, 6.45) is -2.04. The lowest BCUT2D eigenvalue weighted by Gasteiger charge is -2.33. The van der Waals surface area contributed by atoms with Gasteiger partial charge in [-0.05, 0) is 37.1 Å². The average molecular weight is 420 g/mol. The molecule has 0 spiro atoms. The van der Waals surface area contributed by atoms with E-state index in [1.54, 1.807) is 12.1 Å². The average Bonchev–Trinajstić information content (AvgIpc) is 2.70. The van der Waals surface area contributed by atoms with Gasteiger partial charge >= 0.3 is 0 Å². The van der Waals surface area contributed by atoms with Crippen LogP contribution >= 0.6 is 0 Å². The Labute approximate surface area is 164 Å². The minimum absolute atomic E-state index is 0.0873. The number of rotatable bonds is 9. The number of ether oxygens (including phenoxy) is 2. The van der Waals surface area contributed by atoms with Crippen molar-refractivity contribution in [3.05, 3.63) is 24.3 Å². The summed E-state index contributed by atoms with van der Waals surface area (Å²) in [5, 5.41) is 0. The molecule has 7 nitrogen and oxygen atoms in total. The molecule has 1 aromatic carbocycles. The highest BCUT2D eigenvalue weighted by molar-refractivity contribution is 7.89. The van der Waals surface area contributed by atoms with Gasteiger partial charge in [-0.1, -0.05) is 0 Å². The van der Waals surface area contributed by atoms with Crippen molar-refractivity contribution >= 4 is 15.9 Å². The molecule has 0 unspecified atom stereocenters. The first-order valence-electron chi connectivity index (χ1n) is 8.99. The van der Waals surface area contributed by atoms with E-state index in [4.69, 9.17) is 9.47 Å². The van der Waals surface area contributed by atoms with Gasteiger partial charge in [0.2, 0.25) is 15.9 Å². The van der Waals surface area contributed by atoms with Crippen LogP contribution in [0.1, 0.15) is 12.8 Å². The molecule has 0 atom stereocenters. The van der Waals surface area contributed by atoms with Gasteiger partial charge in [-0.25, -0.2) is 17.2 Å². The predicted molar refractivity (Wildman–Crippen MR) is 98.9 cm³/mol. The molecule has 28 heavy (non-hydrogen) atoms. The number of alkyl halides is 2. The zero-order chi connectivity index (χ0) is 20.7. The summed E-state index contributed by atoms with van der Waals surface area (Å²) in [4.78, 5) is 13.8. The number of sulfonamides is 1. The summed E-state index contributed by atoms with van der Waals surface area (Å²) in [5.41, 5.74) is 0. The van der Waals surface area contributed by atoms with E-state index in [0.717, 1.165) is 4.90 Å². The number of hydrogen-bond donors (Lipinski definition) is 0. The summed E-state index contributed by atoms with van der Waals surface area (Å²) in [5.74, 6) is -0.296. The van der Waals surface area contributed by atoms with E-state index in [9.17, 15) is 22.0 Å². The van der Waals surface area contributed by atoms with E-state index in [2.05, 4.69) is 0 Å². The highest BCUT2D eigenvalue weighted by Crippen LogP contribution is 2.26. The number of carbonyl (C=O) groups excluding carboxylic acids is 1. The summed E-state index contributed by atoms with van der Waals surface area (Å²) in [6.45, 7) is -0.0606. The Morgan fingerprint density at radius 2 is 1.82 bits per heavy atom. The molecule has 0 radical (unpaired) electrons. The van der Waals surface area contributed by atoms with Gasteiger partial charge in [0.05, 0.1) is 25.2 Å². The number of piperidine rings is 1. The Bertz CT molecular complexity index is 735. The molecule has 1 aliphatic heterocycles. The Morgan fingerprint density at radius 3 is 2.32 bits per heavy atom. The summed E-state index contributed by atoms with van der Waals surface area (Å²) >= 11 is 0. The molecule has 158 valence electrons. The first-order chi connectivity index (χ1) is 13.3. The lowest BCUT2D eigenvalue weighted by atomic mass is 9.96. The molecule has 1 aromatic rings. The molecule has 1 fully saturated rings. The number of carbonyl (C=O) groups is 1. The number of benzene rings is 1. The smallest absolute Gasteiger partial charge is 0.255 e. The third kappa shape index (κ3) is 5.62. The zero-order valence-corrected chi connectivity index (χ0v) is 16.8. The van der Waals surface area contributed by atoms with Crippen molar-refractivity contribution in [2.75, 3.05) is 47.0 Å². The van der Waals surface area contributed by atoms with Crippen LogP contribution in [0, 0.1) is 5.92 Å². The van der Waals surface area contributed by atoms with Crippen LogP contribution in [0.3, 0.4) is 0 Å². The molecular formula is C18H26F2N2O5S. The molecule has 2 rings (SSSR count). The van der Waals surface area contributed by atoms with E-state index in [-0.39, 0.29) is 37.0 Å². The molecular weight excluding hydrogens is 394 g/mol. The Balaban J connectivity index is 2.00. The fourth-order valence-electron chi connectivity index (χ4n) is 3.16. The molecule has 0 aromatic heterocycles. The van der Waals surface area contributed by atoms with Crippen molar-refractivity contribution in [2.45, 2.75) is 24.2 Å². The Morgan fingerprint density at radius 1 is 1.21 bits per heavy atom. The second-order valence-corrected chi connectivity index (χ2v) is 8.46. The standard InChI is InChI=1S/C18H26F2N2O5S/c1-26-12-11-21(13-17(19)20)18(23)14-7-9-22(10-8-14)28(24,25)16-5-3-15(27-2)4-6-16/h3-6,14,17H,7-13H2,1-2H3. The van der Waals surface area contributed by atoms with Gasteiger partial charge < -0.3 is 14.4 Å². The van der Waals surface area contributed by atoms with Crippen LogP contribution in [0.5, 0.6) is 5.75 Å². The van der Waals surface area contributed by atoms with Crippen molar-refractivity contribution < 1.29 is 31.5 Å². The molecule has 1 saturated heterocycles. The van der Waals surface area contributed by atoms with E-state index in [1.165, 1.54) is 30.7 Å². The minimum Gasteiger partial charge on any atom is -0.497 e. The molecule has 10 heteroatoms. The monoisotopic (exact) mass is 420 g/mol. The number of methoxy groups -OCH3 is 2. The third-order valence-electron chi connectivity index (χ3n) is 4.74. The van der Waals surface area contributed by atoms with Crippen LogP contribution < -0.4 is 4.74 Å². The van der Waals surface area contributed by atoms with E-state index in [0.29, 0.717) is 18.6 Å². The van der Waals surface area contributed by atoms with Crippen LogP contribution in [0.4, 0.5) is 8.78 Å². The van der Waals surface area contributed by atoms with Crippen LogP contribution in [0.25, 0.3) is 0 Å². The fourth-order valence-corrected chi connectivity index (χ4v) is 4.63.